The van der Waals surface area contributed by atoms with E-state index in [-0.39, 0.29) is 0 Å². The number of ether oxygens (including phenoxy) is 1. The average molecular weight is 448 g/mol. The predicted molar refractivity (Wildman–Crippen MR) is 138 cm³/mol. The number of hydrogen-bond acceptors (Lipinski definition) is 3. The first-order valence-corrected chi connectivity index (χ1v) is 12.1. The molecule has 1 aliphatic rings. The van der Waals surface area contributed by atoms with Crippen LogP contribution in [0.1, 0.15) is 56.4 Å². The molecule has 4 rings (SSSR count). The molecule has 168 valence electrons. The summed E-state index contributed by atoms with van der Waals surface area (Å²) in [4.78, 5) is 2.19. The minimum absolute atomic E-state index is 0.882. The highest BCUT2D eigenvalue weighted by molar-refractivity contribution is 7.19. The van der Waals surface area contributed by atoms with Crippen LogP contribution in [0.25, 0.3) is 16.3 Å². The molecule has 4 heteroatoms. The van der Waals surface area contributed by atoms with Gasteiger partial charge in [0.1, 0.15) is 11.7 Å². The molecule has 0 spiro atoms. The fourth-order valence-corrected chi connectivity index (χ4v) is 6.20. The Bertz CT molecular complexity index is 1350. The van der Waals surface area contributed by atoms with Crippen molar-refractivity contribution < 1.29 is 9.30 Å². The number of aromatic nitrogens is 1. The Balaban J connectivity index is 1.78. The van der Waals surface area contributed by atoms with E-state index in [0.717, 1.165) is 11.6 Å². The number of benzene rings is 2. The first-order valence-electron chi connectivity index (χ1n) is 11.3. The fraction of sp³-hybridized carbons (Fsp3) is 0.393. The summed E-state index contributed by atoms with van der Waals surface area (Å²) in [5.74, 6) is 1.88. The maximum absolute atomic E-state index is 6.38. The van der Waals surface area contributed by atoms with Crippen LogP contribution < -0.4 is 14.2 Å². The number of aryl methyl sites for hydroxylation is 3. The molecule has 0 unspecified atom stereocenters. The normalized spacial score (nSPS) is 15.2. The van der Waals surface area contributed by atoms with Gasteiger partial charge in [-0.3, -0.25) is 0 Å². The van der Waals surface area contributed by atoms with Crippen LogP contribution in [0.3, 0.4) is 0 Å². The number of nitrogens with zero attached hydrogens (tertiary/aromatic N) is 2. The second kappa shape index (κ2) is 7.77. The molecule has 32 heavy (non-hydrogen) atoms. The molecule has 3 nitrogen and oxygen atoms in total. The first-order chi connectivity index (χ1) is 15.0. The van der Waals surface area contributed by atoms with E-state index in [1.807, 2.05) is 11.3 Å². The van der Waals surface area contributed by atoms with Gasteiger partial charge in [-0.1, -0.05) is 11.3 Å². The summed E-state index contributed by atoms with van der Waals surface area (Å²) in [5, 5.41) is 1.25. The largest absolute Gasteiger partial charge is 0.438 e. The molecule has 0 amide bonds. The number of thiazole rings is 1. The van der Waals surface area contributed by atoms with E-state index in [0.29, 0.717) is 0 Å². The number of hydrogen-bond donors (Lipinski definition) is 0. The molecule has 0 saturated carbocycles. The lowest BCUT2D eigenvalue weighted by atomic mass is 9.96. The van der Waals surface area contributed by atoms with E-state index in [1.54, 1.807) is 0 Å². The lowest BCUT2D eigenvalue weighted by molar-refractivity contribution is -0.642. The Morgan fingerprint density at radius 3 is 2.03 bits per heavy atom. The summed E-state index contributed by atoms with van der Waals surface area (Å²) in [6.45, 7) is 19.9. The SMILES string of the molecule is CC(=Cc1sc2c(C)c(C)c(C)c(C)c2[n+]1C)C=C1Oc2c(C)c(C)c(C)c(C)c2N1C. The van der Waals surface area contributed by atoms with Gasteiger partial charge in [0.25, 0.3) is 5.01 Å². The topological polar surface area (TPSA) is 16.4 Å². The van der Waals surface area contributed by atoms with Gasteiger partial charge in [-0.15, -0.1) is 0 Å². The molecule has 1 aliphatic heterocycles. The first kappa shape index (κ1) is 22.6. The van der Waals surface area contributed by atoms with Crippen LogP contribution in [0, 0.1) is 55.4 Å². The third-order valence-electron chi connectivity index (χ3n) is 7.64. The number of rotatable bonds is 2. The standard InChI is InChI=1S/C28H35N2OS/c1-14(12-23-29(10)25-19(6)15(2)17(4)21(8)27(25)31-23)13-24-30(11)26-20(7)16(3)18(5)22(9)28(26)32-24/h12-13H,1-11H3/q+1. The summed E-state index contributed by atoms with van der Waals surface area (Å²) < 4.78 is 10.1. The number of allylic oxidation sites excluding steroid dienone is 2. The van der Waals surface area contributed by atoms with Crippen molar-refractivity contribution in [1.29, 1.82) is 0 Å². The fourth-order valence-electron chi connectivity index (χ4n) is 4.82. The monoisotopic (exact) mass is 447 g/mol. The third kappa shape index (κ3) is 3.19. The van der Waals surface area contributed by atoms with Gasteiger partial charge in [0.2, 0.25) is 11.4 Å². The molecule has 3 aromatic rings. The van der Waals surface area contributed by atoms with Crippen molar-refractivity contribution in [2.75, 3.05) is 11.9 Å². The van der Waals surface area contributed by atoms with Gasteiger partial charge in [0.15, 0.2) is 5.75 Å². The Labute approximate surface area is 196 Å². The quantitative estimate of drug-likeness (QED) is 0.395. The summed E-state index contributed by atoms with van der Waals surface area (Å²) in [6, 6.07) is 0. The van der Waals surface area contributed by atoms with Gasteiger partial charge in [-0.25, -0.2) is 0 Å². The van der Waals surface area contributed by atoms with Crippen LogP contribution in [-0.2, 0) is 7.05 Å². The minimum Gasteiger partial charge on any atom is -0.438 e. The summed E-state index contributed by atoms with van der Waals surface area (Å²) in [7, 11) is 4.28. The Morgan fingerprint density at radius 2 is 1.38 bits per heavy atom. The van der Waals surface area contributed by atoms with Crippen LogP contribution in [0.15, 0.2) is 17.5 Å². The molecule has 0 bridgehead atoms. The molecule has 2 aromatic carbocycles. The molecular formula is C28H35N2OS+. The number of anilines is 1. The zero-order valence-corrected chi connectivity index (χ0v) is 22.2. The molecule has 2 heterocycles. The average Bonchev–Trinajstić information content (AvgIpc) is 3.25. The Kier molecular flexibility index (Phi) is 5.49. The van der Waals surface area contributed by atoms with E-state index in [4.69, 9.17) is 4.74 Å². The van der Waals surface area contributed by atoms with Crippen LogP contribution in [0.4, 0.5) is 5.69 Å². The van der Waals surface area contributed by atoms with Gasteiger partial charge >= 0.3 is 0 Å². The zero-order chi connectivity index (χ0) is 23.6. The Hall–Kier alpha value is -2.59. The molecule has 0 fully saturated rings. The van der Waals surface area contributed by atoms with Crippen molar-refractivity contribution in [2.24, 2.45) is 7.05 Å². The lowest BCUT2D eigenvalue weighted by Crippen LogP contribution is -2.30. The van der Waals surface area contributed by atoms with Gasteiger partial charge in [0, 0.05) is 24.8 Å². The molecule has 0 saturated heterocycles. The van der Waals surface area contributed by atoms with Gasteiger partial charge in [-0.05, 0) is 107 Å². The maximum Gasteiger partial charge on any atom is 0.262 e. The predicted octanol–water partition coefficient (Wildman–Crippen LogP) is 6.97. The second-order valence-corrected chi connectivity index (χ2v) is 10.4. The van der Waals surface area contributed by atoms with Crippen molar-refractivity contribution in [3.63, 3.8) is 0 Å². The summed E-state index contributed by atoms with van der Waals surface area (Å²) in [6.07, 6.45) is 4.43. The smallest absolute Gasteiger partial charge is 0.262 e. The minimum atomic E-state index is 0.882. The van der Waals surface area contributed by atoms with Gasteiger partial charge in [0.05, 0.1) is 5.69 Å². The highest BCUT2D eigenvalue weighted by atomic mass is 32.1. The zero-order valence-electron chi connectivity index (χ0n) is 21.4. The third-order valence-corrected chi connectivity index (χ3v) is 8.95. The highest BCUT2D eigenvalue weighted by Crippen LogP contribution is 2.46. The van der Waals surface area contributed by atoms with Gasteiger partial charge in [-0.2, -0.15) is 4.57 Å². The molecule has 0 atom stereocenters. The molecule has 0 N–H and O–H groups in total. The van der Waals surface area contributed by atoms with Crippen molar-refractivity contribution in [2.45, 2.75) is 62.3 Å². The van der Waals surface area contributed by atoms with Crippen molar-refractivity contribution >= 4 is 33.3 Å². The van der Waals surface area contributed by atoms with Crippen LogP contribution in [0.2, 0.25) is 0 Å². The van der Waals surface area contributed by atoms with E-state index < -0.39 is 0 Å². The summed E-state index contributed by atoms with van der Waals surface area (Å²) >= 11 is 1.87. The van der Waals surface area contributed by atoms with Crippen LogP contribution >= 0.6 is 11.3 Å². The molecular weight excluding hydrogens is 412 g/mol. The lowest BCUT2D eigenvalue weighted by Gasteiger charge is -2.17. The van der Waals surface area contributed by atoms with E-state index in [1.165, 1.54) is 71.0 Å². The van der Waals surface area contributed by atoms with Crippen molar-refractivity contribution in [3.8, 4) is 5.75 Å². The van der Waals surface area contributed by atoms with Crippen LogP contribution in [-0.4, -0.2) is 7.05 Å². The highest BCUT2D eigenvalue weighted by Gasteiger charge is 2.29. The van der Waals surface area contributed by atoms with E-state index >= 15 is 0 Å². The Morgan fingerprint density at radius 1 is 0.812 bits per heavy atom. The maximum atomic E-state index is 6.38. The van der Waals surface area contributed by atoms with Gasteiger partial charge < -0.3 is 9.64 Å². The number of fused-ring (bicyclic) bond motifs is 2. The summed E-state index contributed by atoms with van der Waals surface area (Å²) in [5.41, 5.74) is 14.5. The second-order valence-electron chi connectivity index (χ2n) is 9.39. The van der Waals surface area contributed by atoms with E-state index in [9.17, 15) is 0 Å². The molecule has 0 aliphatic carbocycles. The van der Waals surface area contributed by atoms with Crippen molar-refractivity contribution in [1.82, 2.24) is 0 Å². The van der Waals surface area contributed by atoms with Crippen molar-refractivity contribution in [3.05, 3.63) is 67.0 Å². The van der Waals surface area contributed by atoms with E-state index in [2.05, 4.69) is 98.0 Å². The molecule has 1 aromatic heterocycles. The van der Waals surface area contributed by atoms with Crippen LogP contribution in [0.5, 0.6) is 5.75 Å². The molecule has 0 radical (unpaired) electrons.